The molecule has 1 aromatic heterocycles. The number of hydrogen-bond acceptors (Lipinski definition) is 2. The Balaban J connectivity index is 0.00000242. The highest BCUT2D eigenvalue weighted by molar-refractivity contribution is 14.0. The molecular weight excluding hydrogens is 408 g/mol. The van der Waals surface area contributed by atoms with Crippen LogP contribution in [0.1, 0.15) is 25.7 Å². The molecule has 124 valence electrons. The Hall–Kier alpha value is -1.06. The summed E-state index contributed by atoms with van der Waals surface area (Å²) in [5.41, 5.74) is 5.72. The SMILES string of the molecule is I.NC(=NCC1CCCC(C(F)(F)F)C1)Nc1ccccn1. The zero-order valence-electron chi connectivity index (χ0n) is 12.0. The van der Waals surface area contributed by atoms with Crippen molar-refractivity contribution in [3.8, 4) is 0 Å². The maximum atomic E-state index is 12.7. The van der Waals surface area contributed by atoms with Crippen molar-refractivity contribution < 1.29 is 13.2 Å². The summed E-state index contributed by atoms with van der Waals surface area (Å²) in [6, 6.07) is 5.32. The molecule has 0 bridgehead atoms. The molecular formula is C14H20F3IN4. The Labute approximate surface area is 144 Å². The molecule has 1 aromatic rings. The van der Waals surface area contributed by atoms with E-state index >= 15 is 0 Å². The second-order valence-corrected chi connectivity index (χ2v) is 5.34. The fourth-order valence-corrected chi connectivity index (χ4v) is 2.59. The van der Waals surface area contributed by atoms with Crippen molar-refractivity contribution in [3.05, 3.63) is 24.4 Å². The minimum Gasteiger partial charge on any atom is -0.370 e. The Kier molecular flexibility index (Phi) is 7.37. The first-order chi connectivity index (χ1) is 9.95. The molecule has 2 unspecified atom stereocenters. The molecule has 4 nitrogen and oxygen atoms in total. The fraction of sp³-hybridized carbons (Fsp3) is 0.571. The van der Waals surface area contributed by atoms with Crippen molar-refractivity contribution >= 4 is 35.8 Å². The molecule has 0 aromatic carbocycles. The van der Waals surface area contributed by atoms with E-state index in [-0.39, 0.29) is 48.7 Å². The van der Waals surface area contributed by atoms with Crippen LogP contribution in [0.5, 0.6) is 0 Å². The monoisotopic (exact) mass is 428 g/mol. The molecule has 1 heterocycles. The molecule has 1 saturated carbocycles. The Morgan fingerprint density at radius 3 is 2.77 bits per heavy atom. The number of guanidine groups is 1. The van der Waals surface area contributed by atoms with Gasteiger partial charge in [-0.2, -0.15) is 13.2 Å². The lowest BCUT2D eigenvalue weighted by Gasteiger charge is -2.29. The van der Waals surface area contributed by atoms with Crippen molar-refractivity contribution in [2.24, 2.45) is 22.6 Å². The Bertz CT molecular complexity index is 479. The summed E-state index contributed by atoms with van der Waals surface area (Å²) in [4.78, 5) is 8.17. The number of pyridine rings is 1. The van der Waals surface area contributed by atoms with Crippen molar-refractivity contribution in [1.29, 1.82) is 0 Å². The van der Waals surface area contributed by atoms with Gasteiger partial charge in [0.25, 0.3) is 0 Å². The summed E-state index contributed by atoms with van der Waals surface area (Å²) in [6.45, 7) is 0.318. The summed E-state index contributed by atoms with van der Waals surface area (Å²) in [6.07, 6.45) is -0.745. The van der Waals surface area contributed by atoms with E-state index in [1.54, 1.807) is 24.4 Å². The van der Waals surface area contributed by atoms with Gasteiger partial charge < -0.3 is 11.1 Å². The highest BCUT2D eigenvalue weighted by Gasteiger charge is 2.41. The number of aliphatic imine (C=N–C) groups is 1. The normalized spacial score (nSPS) is 22.8. The first-order valence-electron chi connectivity index (χ1n) is 7.00. The first-order valence-corrected chi connectivity index (χ1v) is 7.00. The smallest absolute Gasteiger partial charge is 0.370 e. The van der Waals surface area contributed by atoms with Crippen LogP contribution < -0.4 is 11.1 Å². The quantitative estimate of drug-likeness (QED) is 0.438. The van der Waals surface area contributed by atoms with E-state index in [1.165, 1.54) is 0 Å². The third-order valence-electron chi connectivity index (χ3n) is 3.69. The van der Waals surface area contributed by atoms with Gasteiger partial charge in [-0.3, -0.25) is 4.99 Å². The van der Waals surface area contributed by atoms with Gasteiger partial charge in [-0.25, -0.2) is 4.98 Å². The average molecular weight is 428 g/mol. The van der Waals surface area contributed by atoms with E-state index in [0.29, 0.717) is 18.8 Å². The van der Waals surface area contributed by atoms with Crippen LogP contribution in [0.15, 0.2) is 29.4 Å². The van der Waals surface area contributed by atoms with Crippen molar-refractivity contribution in [1.82, 2.24) is 4.98 Å². The zero-order chi connectivity index (χ0) is 15.3. The molecule has 1 aliphatic rings. The third-order valence-corrected chi connectivity index (χ3v) is 3.69. The number of hydrogen-bond donors (Lipinski definition) is 2. The van der Waals surface area contributed by atoms with Gasteiger partial charge in [-0.1, -0.05) is 12.5 Å². The van der Waals surface area contributed by atoms with E-state index in [2.05, 4.69) is 15.3 Å². The molecule has 0 radical (unpaired) electrons. The topological polar surface area (TPSA) is 63.3 Å². The standard InChI is InChI=1S/C14H19F3N4.HI/c15-14(16,17)11-5-3-4-10(8-11)9-20-13(18)21-12-6-1-2-7-19-12;/h1-2,6-7,10-11H,3-5,8-9H2,(H3,18,19,20,21);1H. The summed E-state index contributed by atoms with van der Waals surface area (Å²) >= 11 is 0. The van der Waals surface area contributed by atoms with Crippen LogP contribution in [0.2, 0.25) is 0 Å². The zero-order valence-corrected chi connectivity index (χ0v) is 14.3. The van der Waals surface area contributed by atoms with Crippen molar-refractivity contribution in [2.45, 2.75) is 31.9 Å². The van der Waals surface area contributed by atoms with Gasteiger partial charge in [-0.15, -0.1) is 24.0 Å². The maximum absolute atomic E-state index is 12.7. The summed E-state index contributed by atoms with van der Waals surface area (Å²) in [5.74, 6) is -0.510. The van der Waals surface area contributed by atoms with Crippen molar-refractivity contribution in [3.63, 3.8) is 0 Å². The van der Waals surface area contributed by atoms with Gasteiger partial charge in [0.15, 0.2) is 5.96 Å². The van der Waals surface area contributed by atoms with E-state index in [9.17, 15) is 13.2 Å². The van der Waals surface area contributed by atoms with Crippen molar-refractivity contribution in [2.75, 3.05) is 11.9 Å². The Morgan fingerprint density at radius 2 is 2.14 bits per heavy atom. The van der Waals surface area contributed by atoms with Crippen LogP contribution in [0.4, 0.5) is 19.0 Å². The molecule has 0 aliphatic heterocycles. The number of nitrogens with two attached hydrogens (primary N) is 1. The largest absolute Gasteiger partial charge is 0.391 e. The minimum absolute atomic E-state index is 0. The van der Waals surface area contributed by atoms with Gasteiger partial charge in [0.1, 0.15) is 5.82 Å². The predicted molar refractivity (Wildman–Crippen MR) is 91.3 cm³/mol. The molecule has 8 heteroatoms. The van der Waals surface area contributed by atoms with E-state index < -0.39 is 12.1 Å². The minimum atomic E-state index is -4.10. The van der Waals surface area contributed by atoms with Gasteiger partial charge in [0, 0.05) is 12.7 Å². The van der Waals surface area contributed by atoms with E-state index in [4.69, 9.17) is 5.73 Å². The number of alkyl halides is 3. The number of rotatable bonds is 3. The molecule has 0 amide bonds. The molecule has 1 fully saturated rings. The van der Waals surface area contributed by atoms with Crippen LogP contribution in [0.25, 0.3) is 0 Å². The molecule has 0 saturated heterocycles. The molecule has 0 spiro atoms. The van der Waals surface area contributed by atoms with E-state index in [0.717, 1.165) is 6.42 Å². The lowest BCUT2D eigenvalue weighted by molar-refractivity contribution is -0.185. The number of aromatic nitrogens is 1. The lowest BCUT2D eigenvalue weighted by atomic mass is 9.81. The summed E-state index contributed by atoms with van der Waals surface area (Å²) in [7, 11) is 0. The van der Waals surface area contributed by atoms with Gasteiger partial charge in [-0.05, 0) is 37.3 Å². The van der Waals surface area contributed by atoms with Gasteiger partial charge in [0.05, 0.1) is 5.92 Å². The number of anilines is 1. The van der Waals surface area contributed by atoms with Gasteiger partial charge in [0.2, 0.25) is 0 Å². The summed E-state index contributed by atoms with van der Waals surface area (Å²) < 4.78 is 38.2. The van der Waals surface area contributed by atoms with Crippen LogP contribution in [0, 0.1) is 11.8 Å². The highest BCUT2D eigenvalue weighted by atomic mass is 127. The van der Waals surface area contributed by atoms with E-state index in [1.807, 2.05) is 0 Å². The first kappa shape index (κ1) is 19.0. The second kappa shape index (κ2) is 8.54. The van der Waals surface area contributed by atoms with Crippen LogP contribution in [-0.2, 0) is 0 Å². The van der Waals surface area contributed by atoms with Crippen LogP contribution >= 0.6 is 24.0 Å². The lowest BCUT2D eigenvalue weighted by Crippen LogP contribution is -2.30. The molecule has 22 heavy (non-hydrogen) atoms. The van der Waals surface area contributed by atoms with Gasteiger partial charge >= 0.3 is 6.18 Å². The third kappa shape index (κ3) is 5.98. The molecule has 1 aliphatic carbocycles. The maximum Gasteiger partial charge on any atom is 0.391 e. The van der Waals surface area contributed by atoms with Crippen LogP contribution in [0.3, 0.4) is 0 Å². The fourth-order valence-electron chi connectivity index (χ4n) is 2.59. The number of nitrogens with one attached hydrogen (secondary N) is 1. The average Bonchev–Trinajstić information content (AvgIpc) is 2.46. The molecule has 2 rings (SSSR count). The predicted octanol–water partition coefficient (Wildman–Crippen LogP) is 3.79. The molecule has 3 N–H and O–H groups in total. The number of halogens is 4. The van der Waals surface area contributed by atoms with Crippen LogP contribution in [-0.4, -0.2) is 23.7 Å². The second-order valence-electron chi connectivity index (χ2n) is 5.34. The number of nitrogens with zero attached hydrogens (tertiary/aromatic N) is 2. The Morgan fingerprint density at radius 1 is 1.36 bits per heavy atom. The molecule has 2 atom stereocenters. The highest BCUT2D eigenvalue weighted by Crippen LogP contribution is 2.39. The summed E-state index contributed by atoms with van der Waals surface area (Å²) in [5, 5.41) is 2.82.